The van der Waals surface area contributed by atoms with Crippen molar-refractivity contribution < 1.29 is 0 Å². The first-order chi connectivity index (χ1) is 13.8. The first-order valence-electron chi connectivity index (χ1n) is 10.5. The molecule has 0 aromatic heterocycles. The Bertz CT molecular complexity index is 757. The van der Waals surface area contributed by atoms with E-state index in [4.69, 9.17) is 0 Å². The molecule has 2 heteroatoms. The first kappa shape index (κ1) is 20.0. The summed E-state index contributed by atoms with van der Waals surface area (Å²) in [6.07, 6.45) is 6.50. The summed E-state index contributed by atoms with van der Waals surface area (Å²) in [5.41, 5.74) is 4.68. The molecule has 28 heavy (non-hydrogen) atoms. The number of hydrogen-bond donors (Lipinski definition) is 1. The number of para-hydroxylation sites is 2. The normalized spacial score (nSPS) is 11.8. The average molecular weight is 373 g/mol. The van der Waals surface area contributed by atoms with E-state index in [0.29, 0.717) is 6.04 Å². The lowest BCUT2D eigenvalue weighted by Crippen LogP contribution is -2.15. The Kier molecular flexibility index (Phi) is 7.54. The maximum absolute atomic E-state index is 3.65. The van der Waals surface area contributed by atoms with Crippen molar-refractivity contribution in [1.82, 2.24) is 0 Å². The van der Waals surface area contributed by atoms with Crippen molar-refractivity contribution in [3.8, 4) is 0 Å². The highest BCUT2D eigenvalue weighted by molar-refractivity contribution is 5.77. The molecule has 146 valence electrons. The molecule has 0 heterocycles. The molecule has 1 unspecified atom stereocenters. The number of unbranched alkanes of at least 4 members (excludes halogenated alkanes) is 3. The van der Waals surface area contributed by atoms with Crippen LogP contribution < -0.4 is 10.2 Å². The van der Waals surface area contributed by atoms with Gasteiger partial charge in [-0.05, 0) is 61.9 Å². The standard InChI is InChI=1S/C26H32N2/c1-3-4-5-8-13-22(2)27-23-18-20-26(21-19-23)28(24-14-9-6-10-15-24)25-16-11-7-12-17-25/h6-7,9-12,14-22,27H,3-5,8,13H2,1-2H3. The lowest BCUT2D eigenvalue weighted by Gasteiger charge is -2.25. The van der Waals surface area contributed by atoms with Crippen LogP contribution in [-0.2, 0) is 0 Å². The van der Waals surface area contributed by atoms with Crippen molar-refractivity contribution in [3.63, 3.8) is 0 Å². The minimum atomic E-state index is 0.502. The Labute approximate surface area is 170 Å². The molecule has 1 N–H and O–H groups in total. The van der Waals surface area contributed by atoms with Crippen LogP contribution in [0.25, 0.3) is 0 Å². The third kappa shape index (κ3) is 5.63. The van der Waals surface area contributed by atoms with Gasteiger partial charge in [-0.1, -0.05) is 69.0 Å². The molecule has 0 spiro atoms. The lowest BCUT2D eigenvalue weighted by atomic mass is 10.1. The van der Waals surface area contributed by atoms with Crippen molar-refractivity contribution >= 4 is 22.7 Å². The van der Waals surface area contributed by atoms with Gasteiger partial charge < -0.3 is 10.2 Å². The largest absolute Gasteiger partial charge is 0.383 e. The monoisotopic (exact) mass is 372 g/mol. The number of anilines is 4. The lowest BCUT2D eigenvalue weighted by molar-refractivity contribution is 0.594. The SMILES string of the molecule is CCCCCCC(C)Nc1ccc(N(c2ccccc2)c2ccccc2)cc1. The van der Waals surface area contributed by atoms with Crippen LogP contribution in [0.4, 0.5) is 22.7 Å². The fraction of sp³-hybridized carbons (Fsp3) is 0.308. The van der Waals surface area contributed by atoms with E-state index in [1.807, 2.05) is 0 Å². The summed E-state index contributed by atoms with van der Waals surface area (Å²) in [6.45, 7) is 4.54. The van der Waals surface area contributed by atoms with Gasteiger partial charge >= 0.3 is 0 Å². The van der Waals surface area contributed by atoms with Crippen LogP contribution in [0.3, 0.4) is 0 Å². The number of benzene rings is 3. The van der Waals surface area contributed by atoms with Crippen LogP contribution in [0.1, 0.15) is 46.0 Å². The third-order valence-corrected chi connectivity index (χ3v) is 5.06. The third-order valence-electron chi connectivity index (χ3n) is 5.06. The van der Waals surface area contributed by atoms with Gasteiger partial charge in [0.15, 0.2) is 0 Å². The predicted molar refractivity (Wildman–Crippen MR) is 123 cm³/mol. The molecular weight excluding hydrogens is 340 g/mol. The quantitative estimate of drug-likeness (QED) is 0.363. The topological polar surface area (TPSA) is 15.3 Å². The smallest absolute Gasteiger partial charge is 0.0463 e. The maximum atomic E-state index is 3.65. The summed E-state index contributed by atoms with van der Waals surface area (Å²) in [4.78, 5) is 2.29. The Morgan fingerprint density at radius 1 is 0.679 bits per heavy atom. The van der Waals surface area contributed by atoms with Gasteiger partial charge in [0.25, 0.3) is 0 Å². The zero-order chi connectivity index (χ0) is 19.6. The Balaban J connectivity index is 1.72. The number of rotatable bonds is 10. The second-order valence-corrected chi connectivity index (χ2v) is 7.45. The van der Waals surface area contributed by atoms with Gasteiger partial charge in [-0.2, -0.15) is 0 Å². The molecule has 0 amide bonds. The molecule has 3 aromatic carbocycles. The highest BCUT2D eigenvalue weighted by Crippen LogP contribution is 2.34. The van der Waals surface area contributed by atoms with Crippen LogP contribution in [0, 0.1) is 0 Å². The summed E-state index contributed by atoms with van der Waals surface area (Å²) in [6, 6.07) is 30.3. The fourth-order valence-electron chi connectivity index (χ4n) is 3.54. The summed E-state index contributed by atoms with van der Waals surface area (Å²) in [5.74, 6) is 0. The molecular formula is C26H32N2. The molecule has 2 nitrogen and oxygen atoms in total. The zero-order valence-corrected chi connectivity index (χ0v) is 17.1. The summed E-state index contributed by atoms with van der Waals surface area (Å²) >= 11 is 0. The molecule has 0 saturated heterocycles. The molecule has 0 bridgehead atoms. The second-order valence-electron chi connectivity index (χ2n) is 7.45. The Morgan fingerprint density at radius 3 is 1.75 bits per heavy atom. The summed E-state index contributed by atoms with van der Waals surface area (Å²) in [7, 11) is 0. The van der Waals surface area contributed by atoms with Gasteiger partial charge in [-0.25, -0.2) is 0 Å². The van der Waals surface area contributed by atoms with Gasteiger partial charge in [0.05, 0.1) is 0 Å². The van der Waals surface area contributed by atoms with E-state index in [-0.39, 0.29) is 0 Å². The van der Waals surface area contributed by atoms with Gasteiger partial charge in [-0.3, -0.25) is 0 Å². The van der Waals surface area contributed by atoms with E-state index in [9.17, 15) is 0 Å². The molecule has 0 aliphatic rings. The van der Waals surface area contributed by atoms with Crippen LogP contribution in [0.15, 0.2) is 84.9 Å². The van der Waals surface area contributed by atoms with E-state index in [1.165, 1.54) is 54.9 Å². The zero-order valence-electron chi connectivity index (χ0n) is 17.1. The van der Waals surface area contributed by atoms with Crippen molar-refractivity contribution in [2.75, 3.05) is 10.2 Å². The molecule has 0 aliphatic carbocycles. The van der Waals surface area contributed by atoms with E-state index in [0.717, 1.165) is 0 Å². The first-order valence-corrected chi connectivity index (χ1v) is 10.5. The minimum Gasteiger partial charge on any atom is -0.383 e. The number of nitrogens with zero attached hydrogens (tertiary/aromatic N) is 1. The van der Waals surface area contributed by atoms with Gasteiger partial charge in [0.1, 0.15) is 0 Å². The average Bonchev–Trinajstić information content (AvgIpc) is 2.74. The molecule has 3 aromatic rings. The maximum Gasteiger partial charge on any atom is 0.0463 e. The highest BCUT2D eigenvalue weighted by Gasteiger charge is 2.11. The van der Waals surface area contributed by atoms with E-state index in [1.54, 1.807) is 0 Å². The fourth-order valence-corrected chi connectivity index (χ4v) is 3.54. The van der Waals surface area contributed by atoms with Crippen molar-refractivity contribution in [2.45, 2.75) is 52.0 Å². The molecule has 0 saturated carbocycles. The van der Waals surface area contributed by atoms with Crippen molar-refractivity contribution in [1.29, 1.82) is 0 Å². The van der Waals surface area contributed by atoms with Crippen LogP contribution >= 0.6 is 0 Å². The molecule has 0 fully saturated rings. The van der Waals surface area contributed by atoms with Crippen LogP contribution in [0.2, 0.25) is 0 Å². The van der Waals surface area contributed by atoms with Crippen molar-refractivity contribution in [3.05, 3.63) is 84.9 Å². The number of hydrogen-bond acceptors (Lipinski definition) is 2. The summed E-state index contributed by atoms with van der Waals surface area (Å²) < 4.78 is 0. The molecule has 0 aliphatic heterocycles. The highest BCUT2D eigenvalue weighted by atomic mass is 15.1. The minimum absolute atomic E-state index is 0.502. The van der Waals surface area contributed by atoms with Gasteiger partial charge in [0.2, 0.25) is 0 Å². The Hall–Kier alpha value is -2.74. The predicted octanol–water partition coefficient (Wildman–Crippen LogP) is 7.93. The van der Waals surface area contributed by atoms with Crippen LogP contribution in [-0.4, -0.2) is 6.04 Å². The second kappa shape index (κ2) is 10.6. The molecule has 3 rings (SSSR count). The van der Waals surface area contributed by atoms with E-state index < -0.39 is 0 Å². The van der Waals surface area contributed by atoms with E-state index >= 15 is 0 Å². The summed E-state index contributed by atoms with van der Waals surface area (Å²) in [5, 5.41) is 3.65. The van der Waals surface area contributed by atoms with Gasteiger partial charge in [0, 0.05) is 28.8 Å². The number of nitrogens with one attached hydrogen (secondary N) is 1. The van der Waals surface area contributed by atoms with Crippen LogP contribution in [0.5, 0.6) is 0 Å². The molecule has 0 radical (unpaired) electrons. The Morgan fingerprint density at radius 2 is 1.21 bits per heavy atom. The van der Waals surface area contributed by atoms with Crippen molar-refractivity contribution in [2.24, 2.45) is 0 Å². The molecule has 1 atom stereocenters. The van der Waals surface area contributed by atoms with E-state index in [2.05, 4.69) is 109 Å². The van der Waals surface area contributed by atoms with Gasteiger partial charge in [-0.15, -0.1) is 0 Å².